The average Bonchev–Trinajstić information content (AvgIpc) is 2.75. The van der Waals surface area contributed by atoms with Gasteiger partial charge in [-0.25, -0.2) is 4.79 Å². The summed E-state index contributed by atoms with van der Waals surface area (Å²) in [7, 11) is 0. The Balaban J connectivity index is 1.83. The van der Waals surface area contributed by atoms with Crippen LogP contribution >= 0.6 is 0 Å². The zero-order valence-corrected chi connectivity index (χ0v) is 18.5. The highest BCUT2D eigenvalue weighted by molar-refractivity contribution is 5.71. The molecule has 4 N–H and O–H groups in total. The molecule has 1 amide bonds. The number of hydrogen-bond donors (Lipinski definition) is 3. The van der Waals surface area contributed by atoms with Crippen molar-refractivity contribution in [3.05, 3.63) is 90.3 Å². The number of amides is 1. The summed E-state index contributed by atoms with van der Waals surface area (Å²) < 4.78 is 6.14. The number of para-hydroxylation sites is 1. The van der Waals surface area contributed by atoms with Crippen molar-refractivity contribution in [3.63, 3.8) is 0 Å². The summed E-state index contributed by atoms with van der Waals surface area (Å²) in [5, 5.41) is 3.23. The normalized spacial score (nSPS) is 19.5. The van der Waals surface area contributed by atoms with Crippen molar-refractivity contribution in [2.24, 2.45) is 5.84 Å². The maximum Gasteiger partial charge on any atom is 0.411 e. The first-order valence-corrected chi connectivity index (χ1v) is 10.5. The zero-order chi connectivity index (χ0) is 22.5. The van der Waals surface area contributed by atoms with Crippen molar-refractivity contribution in [1.82, 2.24) is 10.3 Å². The third-order valence-electron chi connectivity index (χ3n) is 5.78. The maximum atomic E-state index is 13.3. The molecule has 0 aliphatic carbocycles. The Kier molecular flexibility index (Phi) is 6.71. The van der Waals surface area contributed by atoms with E-state index in [-0.39, 0.29) is 6.09 Å². The average molecular weight is 421 g/mol. The number of nitrogens with two attached hydrogens (primary N) is 1. The van der Waals surface area contributed by atoms with Gasteiger partial charge in [-0.2, -0.15) is 0 Å². The van der Waals surface area contributed by atoms with E-state index in [1.165, 1.54) is 0 Å². The number of ether oxygens (including phenoxy) is 1. The van der Waals surface area contributed by atoms with E-state index >= 15 is 0 Å². The Morgan fingerprint density at radius 1 is 1.19 bits per heavy atom. The summed E-state index contributed by atoms with van der Waals surface area (Å²) >= 11 is 0. The van der Waals surface area contributed by atoms with E-state index in [9.17, 15) is 4.79 Å². The molecular weight excluding hydrogens is 388 g/mol. The van der Waals surface area contributed by atoms with Crippen LogP contribution in [0.3, 0.4) is 0 Å². The standard InChI is InChI=1S/C25H32N4O2/c1-19(2)17-25(20-11-7-5-8-12-20)15-16-29(23(30)31-25)24(3,4)22(28-26)18-27-21-13-9-6-10-14-21/h5-14,18,27-28H,1,15-17,26H2,2-4H3/b22-18-. The monoisotopic (exact) mass is 420 g/mol. The van der Waals surface area contributed by atoms with Gasteiger partial charge in [0.05, 0.1) is 11.2 Å². The predicted molar refractivity (Wildman–Crippen MR) is 125 cm³/mol. The highest BCUT2D eigenvalue weighted by Gasteiger charge is 2.47. The summed E-state index contributed by atoms with van der Waals surface area (Å²) in [5.74, 6) is 5.84. The molecule has 6 heteroatoms. The van der Waals surface area contributed by atoms with Gasteiger partial charge >= 0.3 is 6.09 Å². The molecule has 0 radical (unpaired) electrons. The van der Waals surface area contributed by atoms with E-state index in [1.807, 2.05) is 81.4 Å². The summed E-state index contributed by atoms with van der Waals surface area (Å²) in [5.41, 5.74) is 4.89. The number of hydrogen-bond acceptors (Lipinski definition) is 5. The molecule has 1 fully saturated rings. The van der Waals surface area contributed by atoms with E-state index in [2.05, 4.69) is 17.3 Å². The SMILES string of the molecule is C=C(C)CC1(c2ccccc2)CCN(C(C)(C)/C(=C/Nc2ccccc2)NN)C(=O)O1. The highest BCUT2D eigenvalue weighted by atomic mass is 16.6. The Hall–Kier alpha value is -3.25. The largest absolute Gasteiger partial charge is 0.437 e. The van der Waals surface area contributed by atoms with Crippen molar-refractivity contribution >= 4 is 11.8 Å². The second-order valence-corrected chi connectivity index (χ2v) is 8.54. The van der Waals surface area contributed by atoms with Crippen LogP contribution in [0.1, 0.15) is 39.2 Å². The highest BCUT2D eigenvalue weighted by Crippen LogP contribution is 2.41. The summed E-state index contributed by atoms with van der Waals surface area (Å²) in [4.78, 5) is 15.0. The predicted octanol–water partition coefficient (Wildman–Crippen LogP) is 4.89. The number of cyclic esters (lactones) is 1. The number of nitrogens with one attached hydrogen (secondary N) is 2. The molecule has 0 aromatic heterocycles. The van der Waals surface area contributed by atoms with Gasteiger partial charge in [-0.15, -0.1) is 0 Å². The van der Waals surface area contributed by atoms with E-state index < -0.39 is 11.1 Å². The molecule has 1 heterocycles. The Bertz CT molecular complexity index is 941. The van der Waals surface area contributed by atoms with Gasteiger partial charge in [0.2, 0.25) is 0 Å². The lowest BCUT2D eigenvalue weighted by molar-refractivity contribution is -0.0683. The van der Waals surface area contributed by atoms with Crippen LogP contribution in [-0.4, -0.2) is 23.1 Å². The molecule has 0 saturated carbocycles. The molecule has 6 nitrogen and oxygen atoms in total. The number of benzene rings is 2. The smallest absolute Gasteiger partial charge is 0.411 e. The van der Waals surface area contributed by atoms with Crippen LogP contribution in [0.15, 0.2) is 84.7 Å². The summed E-state index contributed by atoms with van der Waals surface area (Å²) in [6.45, 7) is 10.4. The Morgan fingerprint density at radius 3 is 2.35 bits per heavy atom. The van der Waals surface area contributed by atoms with E-state index in [1.54, 1.807) is 11.1 Å². The Labute approximate surface area is 184 Å². The Morgan fingerprint density at radius 2 is 1.81 bits per heavy atom. The van der Waals surface area contributed by atoms with Gasteiger partial charge in [-0.1, -0.05) is 60.7 Å². The zero-order valence-electron chi connectivity index (χ0n) is 18.5. The molecule has 1 saturated heterocycles. The number of rotatable bonds is 8. The van der Waals surface area contributed by atoms with E-state index in [0.717, 1.165) is 16.8 Å². The van der Waals surface area contributed by atoms with Crippen LogP contribution in [0.25, 0.3) is 0 Å². The minimum absolute atomic E-state index is 0.373. The first-order chi connectivity index (χ1) is 14.8. The first kappa shape index (κ1) is 22.4. The quantitative estimate of drug-likeness (QED) is 0.322. The lowest BCUT2D eigenvalue weighted by Gasteiger charge is -2.47. The van der Waals surface area contributed by atoms with Crippen molar-refractivity contribution in [3.8, 4) is 0 Å². The van der Waals surface area contributed by atoms with Gasteiger partial charge in [0, 0.05) is 31.3 Å². The molecule has 1 atom stereocenters. The molecule has 1 aliphatic rings. The number of carbonyl (C=O) groups is 1. The number of anilines is 1. The van der Waals surface area contributed by atoms with E-state index in [0.29, 0.717) is 25.1 Å². The fraction of sp³-hybridized carbons (Fsp3) is 0.320. The van der Waals surface area contributed by atoms with Crippen LogP contribution in [0.2, 0.25) is 0 Å². The summed E-state index contributed by atoms with van der Waals surface area (Å²) in [6, 6.07) is 19.7. The second kappa shape index (κ2) is 9.27. The van der Waals surface area contributed by atoms with Gasteiger partial charge in [-0.05, 0) is 38.5 Å². The van der Waals surface area contributed by atoms with Crippen LogP contribution in [0.4, 0.5) is 10.5 Å². The molecule has 0 bridgehead atoms. The van der Waals surface area contributed by atoms with Gasteiger partial charge in [-0.3, -0.25) is 10.7 Å². The van der Waals surface area contributed by atoms with Gasteiger partial charge in [0.25, 0.3) is 0 Å². The molecule has 2 aromatic carbocycles. The molecule has 1 aliphatic heterocycles. The lowest BCUT2D eigenvalue weighted by Crippen LogP contribution is -2.58. The molecule has 1 unspecified atom stereocenters. The van der Waals surface area contributed by atoms with Crippen molar-refractivity contribution in [1.29, 1.82) is 0 Å². The summed E-state index contributed by atoms with van der Waals surface area (Å²) in [6.07, 6.45) is 2.66. The van der Waals surface area contributed by atoms with Gasteiger partial charge in [0.15, 0.2) is 0 Å². The second-order valence-electron chi connectivity index (χ2n) is 8.54. The molecule has 31 heavy (non-hydrogen) atoms. The number of carbonyl (C=O) groups excluding carboxylic acids is 1. The molecule has 164 valence electrons. The third kappa shape index (κ3) is 4.91. The molecule has 0 spiro atoms. The number of hydrazine groups is 1. The van der Waals surface area contributed by atoms with Gasteiger partial charge in [0.1, 0.15) is 5.60 Å². The van der Waals surface area contributed by atoms with Crippen LogP contribution in [0, 0.1) is 0 Å². The lowest BCUT2D eigenvalue weighted by atomic mass is 9.83. The van der Waals surface area contributed by atoms with Crippen LogP contribution < -0.4 is 16.6 Å². The topological polar surface area (TPSA) is 79.6 Å². The number of nitrogens with zero attached hydrogens (tertiary/aromatic N) is 1. The molecular formula is C25H32N4O2. The van der Waals surface area contributed by atoms with Crippen molar-refractivity contribution in [2.75, 3.05) is 11.9 Å². The first-order valence-electron chi connectivity index (χ1n) is 10.5. The fourth-order valence-electron chi connectivity index (χ4n) is 4.05. The van der Waals surface area contributed by atoms with Gasteiger partial charge < -0.3 is 15.5 Å². The maximum absolute atomic E-state index is 13.3. The van der Waals surface area contributed by atoms with Crippen LogP contribution in [-0.2, 0) is 10.3 Å². The molecule has 3 rings (SSSR count). The minimum Gasteiger partial charge on any atom is -0.437 e. The fourth-order valence-corrected chi connectivity index (χ4v) is 4.05. The van der Waals surface area contributed by atoms with Crippen molar-refractivity contribution in [2.45, 2.75) is 44.8 Å². The third-order valence-corrected chi connectivity index (χ3v) is 5.78. The van der Waals surface area contributed by atoms with Crippen LogP contribution in [0.5, 0.6) is 0 Å². The van der Waals surface area contributed by atoms with Crippen molar-refractivity contribution < 1.29 is 9.53 Å². The van der Waals surface area contributed by atoms with E-state index in [4.69, 9.17) is 10.6 Å². The minimum atomic E-state index is -0.709. The molecule has 2 aromatic rings.